The van der Waals surface area contributed by atoms with Gasteiger partial charge in [-0.1, -0.05) is 0 Å². The number of pyridine rings is 2. The summed E-state index contributed by atoms with van der Waals surface area (Å²) in [5, 5.41) is 3.67. The molecule has 8 nitrogen and oxygen atoms in total. The van der Waals surface area contributed by atoms with Crippen molar-refractivity contribution in [2.45, 2.75) is 18.9 Å². The summed E-state index contributed by atoms with van der Waals surface area (Å²) in [7, 11) is 5.27. The molecule has 1 saturated heterocycles. The van der Waals surface area contributed by atoms with Gasteiger partial charge in [-0.15, -0.1) is 0 Å². The Morgan fingerprint density at radius 1 is 1.31 bits per heavy atom. The van der Waals surface area contributed by atoms with Gasteiger partial charge < -0.3 is 24.1 Å². The molecule has 1 atom stereocenters. The van der Waals surface area contributed by atoms with Crippen LogP contribution in [0, 0.1) is 0 Å². The lowest BCUT2D eigenvalue weighted by atomic mass is 9.96. The number of carbonyl (C=O) groups is 1. The molecule has 0 radical (unpaired) electrons. The van der Waals surface area contributed by atoms with E-state index >= 15 is 0 Å². The first kappa shape index (κ1) is 19.4. The highest BCUT2D eigenvalue weighted by molar-refractivity contribution is 5.98. The molecular weight excluding hydrogens is 372 g/mol. The molecule has 4 heterocycles. The molecule has 4 rings (SSSR count). The van der Waals surface area contributed by atoms with Crippen molar-refractivity contribution >= 4 is 22.6 Å². The van der Waals surface area contributed by atoms with E-state index in [0.717, 1.165) is 34.3 Å². The van der Waals surface area contributed by atoms with Crippen LogP contribution in [-0.2, 0) is 26.9 Å². The number of hydrogen-bond acceptors (Lipinski definition) is 6. The van der Waals surface area contributed by atoms with Gasteiger partial charge in [-0.2, -0.15) is 0 Å². The second kappa shape index (κ2) is 7.46. The van der Waals surface area contributed by atoms with E-state index in [1.807, 2.05) is 36.0 Å². The smallest absolute Gasteiger partial charge is 0.222 e. The van der Waals surface area contributed by atoms with Crippen molar-refractivity contribution in [3.8, 4) is 17.0 Å². The van der Waals surface area contributed by atoms with E-state index in [1.54, 1.807) is 20.4 Å². The first-order valence-electron chi connectivity index (χ1n) is 9.38. The van der Waals surface area contributed by atoms with Crippen LogP contribution in [0.1, 0.15) is 19.0 Å². The fourth-order valence-electron chi connectivity index (χ4n) is 3.74. The Balaban J connectivity index is 1.89. The normalized spacial score (nSPS) is 18.9. The summed E-state index contributed by atoms with van der Waals surface area (Å²) in [6, 6.07) is 5.66. The fourth-order valence-corrected chi connectivity index (χ4v) is 3.74. The summed E-state index contributed by atoms with van der Waals surface area (Å²) < 4.78 is 19.0. The fraction of sp³-hybridized carbons (Fsp3) is 0.381. The summed E-state index contributed by atoms with van der Waals surface area (Å²) in [5.41, 5.74) is 2.80. The molecule has 1 aliphatic heterocycles. The topological polar surface area (TPSA) is 87.5 Å². The third kappa shape index (κ3) is 3.45. The number of fused-ring (bicyclic) bond motifs is 1. The molecule has 0 aliphatic carbocycles. The van der Waals surface area contributed by atoms with Crippen LogP contribution in [0.5, 0.6) is 5.75 Å². The molecule has 1 amide bonds. The number of nitrogens with one attached hydrogen (secondary N) is 1. The van der Waals surface area contributed by atoms with Crippen molar-refractivity contribution in [2.24, 2.45) is 7.05 Å². The van der Waals surface area contributed by atoms with Crippen molar-refractivity contribution in [3.05, 3.63) is 36.3 Å². The quantitative estimate of drug-likeness (QED) is 0.714. The van der Waals surface area contributed by atoms with Crippen LogP contribution in [-0.4, -0.2) is 47.9 Å². The molecule has 1 N–H and O–H groups in total. The van der Waals surface area contributed by atoms with Crippen molar-refractivity contribution in [3.63, 3.8) is 0 Å². The number of hydrogen-bond donors (Lipinski definition) is 1. The molecule has 1 aliphatic rings. The van der Waals surface area contributed by atoms with Gasteiger partial charge in [-0.05, 0) is 6.07 Å². The second-order valence-corrected chi connectivity index (χ2v) is 7.20. The minimum Gasteiger partial charge on any atom is -0.497 e. The number of rotatable bonds is 5. The number of amides is 1. The maximum atomic E-state index is 11.4. The first-order chi connectivity index (χ1) is 14.0. The Bertz CT molecular complexity index is 1070. The number of carbonyl (C=O) groups excluding carboxylic acids is 1. The van der Waals surface area contributed by atoms with Crippen molar-refractivity contribution in [1.82, 2.24) is 14.5 Å². The molecule has 0 spiro atoms. The largest absolute Gasteiger partial charge is 0.497 e. The summed E-state index contributed by atoms with van der Waals surface area (Å²) in [5.74, 6) is 1.03. The van der Waals surface area contributed by atoms with Crippen molar-refractivity contribution in [1.29, 1.82) is 0 Å². The SMILES string of the molecule is COc1cc(-c2cn(C)c3cnc(NC(C)=O)cc23)nc([C@]2(OC)CCOC2)c1. The van der Waals surface area contributed by atoms with Crippen molar-refractivity contribution in [2.75, 3.05) is 32.8 Å². The zero-order chi connectivity index (χ0) is 20.6. The molecule has 3 aromatic rings. The lowest BCUT2D eigenvalue weighted by Crippen LogP contribution is -2.30. The van der Waals surface area contributed by atoms with Crippen LogP contribution in [0.4, 0.5) is 5.82 Å². The van der Waals surface area contributed by atoms with Gasteiger partial charge >= 0.3 is 0 Å². The number of anilines is 1. The monoisotopic (exact) mass is 396 g/mol. The molecule has 152 valence electrons. The number of aromatic nitrogens is 3. The van der Waals surface area contributed by atoms with E-state index in [9.17, 15) is 4.79 Å². The molecule has 0 saturated carbocycles. The summed E-state index contributed by atoms with van der Waals surface area (Å²) in [4.78, 5) is 20.7. The minimum atomic E-state index is -0.587. The predicted molar refractivity (Wildman–Crippen MR) is 109 cm³/mol. The Kier molecular flexibility index (Phi) is 4.97. The zero-order valence-corrected chi connectivity index (χ0v) is 17.0. The number of aryl methyl sites for hydroxylation is 1. The van der Waals surface area contributed by atoms with Crippen LogP contribution in [0.3, 0.4) is 0 Å². The van der Waals surface area contributed by atoms with Crippen LogP contribution in [0.15, 0.2) is 30.6 Å². The molecule has 29 heavy (non-hydrogen) atoms. The van der Waals surface area contributed by atoms with Crippen LogP contribution in [0.25, 0.3) is 22.2 Å². The van der Waals surface area contributed by atoms with Gasteiger partial charge in [0, 0.05) is 63.4 Å². The molecule has 0 bridgehead atoms. The van der Waals surface area contributed by atoms with E-state index in [0.29, 0.717) is 24.8 Å². The van der Waals surface area contributed by atoms with Crippen LogP contribution in [0.2, 0.25) is 0 Å². The van der Waals surface area contributed by atoms with Gasteiger partial charge in [0.25, 0.3) is 0 Å². The third-order valence-electron chi connectivity index (χ3n) is 5.33. The maximum absolute atomic E-state index is 11.4. The Morgan fingerprint density at radius 2 is 2.14 bits per heavy atom. The molecule has 3 aromatic heterocycles. The average Bonchev–Trinajstić information content (AvgIpc) is 3.33. The average molecular weight is 396 g/mol. The van der Waals surface area contributed by atoms with E-state index in [2.05, 4.69) is 10.3 Å². The van der Waals surface area contributed by atoms with Gasteiger partial charge in [0.15, 0.2) is 0 Å². The summed E-state index contributed by atoms with van der Waals surface area (Å²) in [6.07, 6.45) is 4.47. The first-order valence-corrected chi connectivity index (χ1v) is 9.38. The van der Waals surface area contributed by atoms with E-state index < -0.39 is 5.60 Å². The number of nitrogens with zero attached hydrogens (tertiary/aromatic N) is 3. The minimum absolute atomic E-state index is 0.167. The second-order valence-electron chi connectivity index (χ2n) is 7.20. The van der Waals surface area contributed by atoms with E-state index in [-0.39, 0.29) is 5.91 Å². The third-order valence-corrected chi connectivity index (χ3v) is 5.33. The lowest BCUT2D eigenvalue weighted by molar-refractivity contribution is -0.114. The standard InChI is InChI=1S/C21H24N4O4/c1-13(26)23-20-9-15-16(11-25(2)18(15)10-22-20)17-7-14(27-3)8-19(24-17)21(28-4)5-6-29-12-21/h7-11H,5-6,12H2,1-4H3,(H,22,23,26)/t21-/m0/s1. The summed E-state index contributed by atoms with van der Waals surface area (Å²) in [6.45, 7) is 2.54. The van der Waals surface area contributed by atoms with E-state index in [4.69, 9.17) is 19.2 Å². The number of ether oxygens (including phenoxy) is 3. The zero-order valence-electron chi connectivity index (χ0n) is 17.0. The Labute approximate surface area is 168 Å². The maximum Gasteiger partial charge on any atom is 0.222 e. The predicted octanol–water partition coefficient (Wildman–Crippen LogP) is 2.86. The Morgan fingerprint density at radius 3 is 2.79 bits per heavy atom. The Hall–Kier alpha value is -2.97. The lowest BCUT2D eigenvalue weighted by Gasteiger charge is -2.26. The molecule has 0 unspecified atom stereocenters. The summed E-state index contributed by atoms with van der Waals surface area (Å²) >= 11 is 0. The van der Waals surface area contributed by atoms with Crippen molar-refractivity contribution < 1.29 is 19.0 Å². The van der Waals surface area contributed by atoms with Gasteiger partial charge in [0.2, 0.25) is 5.91 Å². The highest BCUT2D eigenvalue weighted by atomic mass is 16.5. The van der Waals surface area contributed by atoms with Crippen LogP contribution >= 0.6 is 0 Å². The number of methoxy groups -OCH3 is 2. The van der Waals surface area contributed by atoms with Gasteiger partial charge in [-0.25, -0.2) is 9.97 Å². The molecule has 1 fully saturated rings. The highest BCUT2D eigenvalue weighted by Crippen LogP contribution is 2.38. The molecule has 0 aromatic carbocycles. The molecule has 8 heteroatoms. The molecular formula is C21H24N4O4. The highest BCUT2D eigenvalue weighted by Gasteiger charge is 2.39. The van der Waals surface area contributed by atoms with Gasteiger partial charge in [0.05, 0.1) is 36.8 Å². The van der Waals surface area contributed by atoms with E-state index in [1.165, 1.54) is 6.92 Å². The van der Waals surface area contributed by atoms with Gasteiger partial charge in [0.1, 0.15) is 17.2 Å². The van der Waals surface area contributed by atoms with Crippen LogP contribution < -0.4 is 10.1 Å². The van der Waals surface area contributed by atoms with Gasteiger partial charge in [-0.3, -0.25) is 4.79 Å².